The van der Waals surface area contributed by atoms with Gasteiger partial charge in [0.2, 0.25) is 0 Å². The first-order chi connectivity index (χ1) is 7.65. The van der Waals surface area contributed by atoms with Crippen molar-refractivity contribution in [3.63, 3.8) is 0 Å². The molecule has 0 aliphatic heterocycles. The molecule has 0 atom stereocenters. The van der Waals surface area contributed by atoms with Gasteiger partial charge in [0.25, 0.3) is 0 Å². The van der Waals surface area contributed by atoms with Gasteiger partial charge in [0.1, 0.15) is 5.75 Å². The highest BCUT2D eigenvalue weighted by molar-refractivity contribution is 6.31. The Bertz CT molecular complexity index is 344. The maximum Gasteiger partial charge on any atom is 0.138 e. The van der Waals surface area contributed by atoms with Crippen molar-refractivity contribution >= 4 is 17.3 Å². The first-order valence-electron chi connectivity index (χ1n) is 5.10. The fourth-order valence-corrected chi connectivity index (χ4v) is 1.61. The second kappa shape index (κ2) is 6.58. The quantitative estimate of drug-likeness (QED) is 0.404. The standard InChI is InChI=1S/C11H16ClNO3/c12-9-7-10(13)11(15)6-8(9)2-1-4-16-5-3-14/h6-7,14-15H,1-5,13H2. The number of nitrogens with two attached hydrogens (primary N) is 1. The second-order valence-corrected chi connectivity index (χ2v) is 3.85. The number of ether oxygens (including phenoxy) is 1. The SMILES string of the molecule is Nc1cc(Cl)c(CCCOCCO)cc1O. The molecule has 0 heterocycles. The maximum atomic E-state index is 9.42. The zero-order valence-corrected chi connectivity index (χ0v) is 9.70. The Morgan fingerprint density at radius 3 is 2.75 bits per heavy atom. The Morgan fingerprint density at radius 2 is 2.06 bits per heavy atom. The van der Waals surface area contributed by atoms with Crippen LogP contribution in [-0.2, 0) is 11.2 Å². The number of aromatic hydroxyl groups is 1. The van der Waals surface area contributed by atoms with E-state index in [0.29, 0.717) is 24.7 Å². The average Bonchev–Trinajstić information content (AvgIpc) is 2.25. The average molecular weight is 246 g/mol. The number of anilines is 1. The number of hydrogen-bond donors (Lipinski definition) is 3. The summed E-state index contributed by atoms with van der Waals surface area (Å²) in [6, 6.07) is 3.12. The molecule has 0 radical (unpaired) electrons. The topological polar surface area (TPSA) is 75.7 Å². The Kier molecular flexibility index (Phi) is 5.38. The predicted molar refractivity (Wildman–Crippen MR) is 63.8 cm³/mol. The molecule has 90 valence electrons. The summed E-state index contributed by atoms with van der Waals surface area (Å²) in [4.78, 5) is 0. The van der Waals surface area contributed by atoms with E-state index < -0.39 is 0 Å². The van der Waals surface area contributed by atoms with Crippen LogP contribution in [0.1, 0.15) is 12.0 Å². The molecule has 0 aromatic heterocycles. The minimum absolute atomic E-state index is 0.0312. The smallest absolute Gasteiger partial charge is 0.138 e. The van der Waals surface area contributed by atoms with E-state index in [9.17, 15) is 5.11 Å². The molecule has 4 N–H and O–H groups in total. The summed E-state index contributed by atoms with van der Waals surface area (Å²) in [7, 11) is 0. The van der Waals surface area contributed by atoms with Gasteiger partial charge in [0, 0.05) is 11.6 Å². The van der Waals surface area contributed by atoms with Gasteiger partial charge in [-0.05, 0) is 30.5 Å². The maximum absolute atomic E-state index is 9.42. The molecule has 0 saturated heterocycles. The third-order valence-corrected chi connectivity index (χ3v) is 2.52. The second-order valence-electron chi connectivity index (χ2n) is 3.44. The van der Waals surface area contributed by atoms with E-state index in [0.717, 1.165) is 12.0 Å². The van der Waals surface area contributed by atoms with Gasteiger partial charge in [-0.2, -0.15) is 0 Å². The number of hydrogen-bond acceptors (Lipinski definition) is 4. The largest absolute Gasteiger partial charge is 0.506 e. The zero-order chi connectivity index (χ0) is 12.0. The van der Waals surface area contributed by atoms with Crippen LogP contribution in [0, 0.1) is 0 Å². The van der Waals surface area contributed by atoms with Crippen molar-refractivity contribution in [3.05, 3.63) is 22.7 Å². The number of rotatable bonds is 6. The van der Waals surface area contributed by atoms with E-state index in [2.05, 4.69) is 0 Å². The molecular weight excluding hydrogens is 230 g/mol. The summed E-state index contributed by atoms with van der Waals surface area (Å²) in [6.07, 6.45) is 1.49. The molecule has 5 heteroatoms. The summed E-state index contributed by atoms with van der Waals surface area (Å²) >= 11 is 5.97. The number of phenols is 1. The molecule has 0 unspecified atom stereocenters. The van der Waals surface area contributed by atoms with Gasteiger partial charge in [0.05, 0.1) is 18.9 Å². The number of benzene rings is 1. The molecule has 0 bridgehead atoms. The van der Waals surface area contributed by atoms with Gasteiger partial charge in [-0.15, -0.1) is 0 Å². The van der Waals surface area contributed by atoms with Gasteiger partial charge in [-0.3, -0.25) is 0 Å². The fraction of sp³-hybridized carbons (Fsp3) is 0.455. The highest BCUT2D eigenvalue weighted by atomic mass is 35.5. The number of nitrogen functional groups attached to an aromatic ring is 1. The summed E-state index contributed by atoms with van der Waals surface area (Å²) < 4.78 is 5.12. The van der Waals surface area contributed by atoms with Crippen molar-refractivity contribution in [1.82, 2.24) is 0 Å². The molecule has 4 nitrogen and oxygen atoms in total. The Hall–Kier alpha value is -0.970. The minimum Gasteiger partial charge on any atom is -0.506 e. The molecule has 0 fully saturated rings. The van der Waals surface area contributed by atoms with Crippen molar-refractivity contribution in [1.29, 1.82) is 0 Å². The number of aliphatic hydroxyl groups excluding tert-OH is 1. The van der Waals surface area contributed by atoms with E-state index in [4.69, 9.17) is 27.2 Å². The normalized spacial score (nSPS) is 10.6. The van der Waals surface area contributed by atoms with Crippen molar-refractivity contribution in [2.75, 3.05) is 25.6 Å². The monoisotopic (exact) mass is 245 g/mol. The lowest BCUT2D eigenvalue weighted by atomic mass is 10.1. The van der Waals surface area contributed by atoms with Crippen molar-refractivity contribution in [3.8, 4) is 5.75 Å². The third-order valence-electron chi connectivity index (χ3n) is 2.17. The van der Waals surface area contributed by atoms with Crippen LogP contribution in [0.25, 0.3) is 0 Å². The molecule has 0 spiro atoms. The molecule has 1 rings (SSSR count). The Labute approximate surface area is 99.6 Å². The van der Waals surface area contributed by atoms with Crippen LogP contribution in [0.3, 0.4) is 0 Å². The lowest BCUT2D eigenvalue weighted by Gasteiger charge is -2.07. The third kappa shape index (κ3) is 3.89. The van der Waals surface area contributed by atoms with Gasteiger partial charge < -0.3 is 20.7 Å². The first-order valence-corrected chi connectivity index (χ1v) is 5.48. The number of phenolic OH excluding ortho intramolecular Hbond substituents is 1. The van der Waals surface area contributed by atoms with Gasteiger partial charge >= 0.3 is 0 Å². The molecule has 0 amide bonds. The predicted octanol–water partition coefficient (Wildman–Crippen LogP) is 1.57. The van der Waals surface area contributed by atoms with E-state index in [1.54, 1.807) is 12.1 Å². The Balaban J connectivity index is 2.45. The highest BCUT2D eigenvalue weighted by Crippen LogP contribution is 2.28. The lowest BCUT2D eigenvalue weighted by Crippen LogP contribution is -2.02. The lowest BCUT2D eigenvalue weighted by molar-refractivity contribution is 0.0909. The van der Waals surface area contributed by atoms with Crippen LogP contribution < -0.4 is 5.73 Å². The van der Waals surface area contributed by atoms with Gasteiger partial charge in [0.15, 0.2) is 0 Å². The van der Waals surface area contributed by atoms with E-state index in [-0.39, 0.29) is 18.0 Å². The molecule has 0 aliphatic rings. The molecule has 16 heavy (non-hydrogen) atoms. The van der Waals surface area contributed by atoms with Crippen molar-refractivity contribution < 1.29 is 14.9 Å². The van der Waals surface area contributed by atoms with Gasteiger partial charge in [-0.25, -0.2) is 0 Å². The molecular formula is C11H16ClNO3. The summed E-state index contributed by atoms with van der Waals surface area (Å²) in [5.74, 6) is 0.0516. The summed E-state index contributed by atoms with van der Waals surface area (Å²) in [5.41, 5.74) is 6.63. The van der Waals surface area contributed by atoms with Gasteiger partial charge in [-0.1, -0.05) is 11.6 Å². The van der Waals surface area contributed by atoms with Crippen LogP contribution in [0.2, 0.25) is 5.02 Å². The number of aliphatic hydroxyl groups is 1. The van der Waals surface area contributed by atoms with Crippen LogP contribution in [0.4, 0.5) is 5.69 Å². The molecule has 0 aliphatic carbocycles. The van der Waals surface area contributed by atoms with Crippen LogP contribution in [0.15, 0.2) is 12.1 Å². The first kappa shape index (κ1) is 13.1. The highest BCUT2D eigenvalue weighted by Gasteiger charge is 2.05. The molecule has 0 saturated carbocycles. The minimum atomic E-state index is 0.0312. The number of halogens is 1. The number of aryl methyl sites for hydroxylation is 1. The molecule has 1 aromatic rings. The fourth-order valence-electron chi connectivity index (χ4n) is 1.34. The Morgan fingerprint density at radius 1 is 1.31 bits per heavy atom. The van der Waals surface area contributed by atoms with Crippen LogP contribution in [-0.4, -0.2) is 30.0 Å². The van der Waals surface area contributed by atoms with Crippen LogP contribution >= 0.6 is 11.6 Å². The van der Waals surface area contributed by atoms with E-state index in [1.807, 2.05) is 0 Å². The van der Waals surface area contributed by atoms with Crippen molar-refractivity contribution in [2.24, 2.45) is 0 Å². The molecule has 1 aromatic carbocycles. The summed E-state index contributed by atoms with van der Waals surface area (Å²) in [6.45, 7) is 0.937. The zero-order valence-electron chi connectivity index (χ0n) is 8.95. The van der Waals surface area contributed by atoms with E-state index in [1.165, 1.54) is 0 Å². The summed E-state index contributed by atoms with van der Waals surface area (Å²) in [5, 5.41) is 18.5. The van der Waals surface area contributed by atoms with E-state index >= 15 is 0 Å². The van der Waals surface area contributed by atoms with Crippen molar-refractivity contribution in [2.45, 2.75) is 12.8 Å². The van der Waals surface area contributed by atoms with Crippen LogP contribution in [0.5, 0.6) is 5.75 Å².